The summed E-state index contributed by atoms with van der Waals surface area (Å²) in [6, 6.07) is 5.61. The van der Waals surface area contributed by atoms with E-state index in [0.29, 0.717) is 6.42 Å². The molecule has 0 aromatic heterocycles. The zero-order chi connectivity index (χ0) is 12.3. The van der Waals surface area contributed by atoms with E-state index in [2.05, 4.69) is 5.32 Å². The molecule has 1 aliphatic carbocycles. The maximum Gasteiger partial charge on any atom is 0.254 e. The summed E-state index contributed by atoms with van der Waals surface area (Å²) >= 11 is 0. The topological polar surface area (TPSA) is 49.3 Å². The molecule has 1 fully saturated rings. The molecule has 1 saturated carbocycles. The number of halogens is 1. The van der Waals surface area contributed by atoms with E-state index in [9.17, 15) is 14.3 Å². The van der Waals surface area contributed by atoms with Crippen LogP contribution < -0.4 is 5.32 Å². The van der Waals surface area contributed by atoms with Gasteiger partial charge in [0.25, 0.3) is 5.91 Å². The van der Waals surface area contributed by atoms with Crippen molar-refractivity contribution in [1.29, 1.82) is 0 Å². The Kier molecular flexibility index (Phi) is 3.74. The van der Waals surface area contributed by atoms with E-state index >= 15 is 0 Å². The van der Waals surface area contributed by atoms with Crippen LogP contribution in [-0.4, -0.2) is 23.2 Å². The SMILES string of the molecule is O=C(N[C@H]1CCCC[C@H]1O)c1ccccc1F. The highest BCUT2D eigenvalue weighted by atomic mass is 19.1. The molecule has 1 aromatic carbocycles. The summed E-state index contributed by atoms with van der Waals surface area (Å²) in [6.07, 6.45) is 2.90. The lowest BCUT2D eigenvalue weighted by Gasteiger charge is -2.28. The standard InChI is InChI=1S/C13H16FNO2/c14-10-6-2-1-5-9(10)13(17)15-11-7-3-4-8-12(11)16/h1-2,5-6,11-12,16H,3-4,7-8H2,(H,15,17)/t11-,12+/m0/s1. The van der Waals surface area contributed by atoms with Gasteiger partial charge >= 0.3 is 0 Å². The molecule has 0 heterocycles. The number of aliphatic hydroxyl groups excluding tert-OH is 1. The first-order chi connectivity index (χ1) is 8.18. The van der Waals surface area contributed by atoms with E-state index in [1.54, 1.807) is 12.1 Å². The second-order valence-electron chi connectivity index (χ2n) is 4.41. The highest BCUT2D eigenvalue weighted by Gasteiger charge is 2.25. The number of aliphatic hydroxyl groups is 1. The summed E-state index contributed by atoms with van der Waals surface area (Å²) < 4.78 is 13.4. The van der Waals surface area contributed by atoms with Crippen molar-refractivity contribution >= 4 is 5.91 Å². The summed E-state index contributed by atoms with van der Waals surface area (Å²) in [7, 11) is 0. The average molecular weight is 237 g/mol. The minimum atomic E-state index is -0.532. The molecule has 0 spiro atoms. The van der Waals surface area contributed by atoms with Crippen LogP contribution in [-0.2, 0) is 0 Å². The van der Waals surface area contributed by atoms with Crippen molar-refractivity contribution in [2.24, 2.45) is 0 Å². The van der Waals surface area contributed by atoms with Gasteiger partial charge < -0.3 is 10.4 Å². The molecule has 17 heavy (non-hydrogen) atoms. The number of carbonyl (C=O) groups excluding carboxylic acids is 1. The predicted molar refractivity (Wildman–Crippen MR) is 62.1 cm³/mol. The normalized spacial score (nSPS) is 24.4. The first-order valence-electron chi connectivity index (χ1n) is 5.92. The minimum absolute atomic E-state index is 0.0327. The summed E-state index contributed by atoms with van der Waals surface area (Å²) in [6.45, 7) is 0. The Hall–Kier alpha value is -1.42. The Balaban J connectivity index is 2.04. The van der Waals surface area contributed by atoms with Crippen LogP contribution in [0.3, 0.4) is 0 Å². The lowest BCUT2D eigenvalue weighted by molar-refractivity contribution is 0.0714. The molecular weight excluding hydrogens is 221 g/mol. The summed E-state index contributed by atoms with van der Waals surface area (Å²) in [5, 5.41) is 12.4. The number of carbonyl (C=O) groups is 1. The van der Waals surface area contributed by atoms with Gasteiger partial charge in [-0.05, 0) is 25.0 Å². The number of nitrogens with one attached hydrogen (secondary N) is 1. The van der Waals surface area contributed by atoms with E-state index in [1.165, 1.54) is 12.1 Å². The zero-order valence-electron chi connectivity index (χ0n) is 9.53. The van der Waals surface area contributed by atoms with Crippen molar-refractivity contribution in [3.05, 3.63) is 35.6 Å². The average Bonchev–Trinajstić information content (AvgIpc) is 2.32. The molecule has 0 aliphatic heterocycles. The molecule has 1 aliphatic rings. The lowest BCUT2D eigenvalue weighted by atomic mass is 9.92. The van der Waals surface area contributed by atoms with Crippen molar-refractivity contribution in [2.75, 3.05) is 0 Å². The third-order valence-electron chi connectivity index (χ3n) is 3.16. The molecule has 1 amide bonds. The van der Waals surface area contributed by atoms with E-state index in [4.69, 9.17) is 0 Å². The smallest absolute Gasteiger partial charge is 0.254 e. The minimum Gasteiger partial charge on any atom is -0.391 e. The third-order valence-corrected chi connectivity index (χ3v) is 3.16. The highest BCUT2D eigenvalue weighted by Crippen LogP contribution is 2.19. The van der Waals surface area contributed by atoms with Gasteiger partial charge in [-0.25, -0.2) is 4.39 Å². The second-order valence-corrected chi connectivity index (χ2v) is 4.41. The number of hydrogen-bond acceptors (Lipinski definition) is 2. The summed E-state index contributed by atoms with van der Waals surface area (Å²) in [5.41, 5.74) is 0.0327. The molecule has 1 aromatic rings. The molecule has 3 nitrogen and oxygen atoms in total. The number of rotatable bonds is 2. The monoisotopic (exact) mass is 237 g/mol. The van der Waals surface area contributed by atoms with Crippen LogP contribution in [0.1, 0.15) is 36.0 Å². The van der Waals surface area contributed by atoms with Crippen LogP contribution in [0.15, 0.2) is 24.3 Å². The molecular formula is C13H16FNO2. The molecule has 92 valence electrons. The molecule has 2 N–H and O–H groups in total. The van der Waals surface area contributed by atoms with Crippen LogP contribution in [0.25, 0.3) is 0 Å². The highest BCUT2D eigenvalue weighted by molar-refractivity contribution is 5.94. The fourth-order valence-electron chi connectivity index (χ4n) is 2.17. The molecule has 4 heteroatoms. The van der Waals surface area contributed by atoms with Gasteiger partial charge in [-0.15, -0.1) is 0 Å². The number of amides is 1. The van der Waals surface area contributed by atoms with Crippen molar-refractivity contribution in [3.63, 3.8) is 0 Å². The van der Waals surface area contributed by atoms with Crippen LogP contribution in [0.5, 0.6) is 0 Å². The van der Waals surface area contributed by atoms with Crippen LogP contribution in [0, 0.1) is 5.82 Å². The van der Waals surface area contributed by atoms with Gasteiger partial charge in [0, 0.05) is 0 Å². The molecule has 0 unspecified atom stereocenters. The van der Waals surface area contributed by atoms with Crippen molar-refractivity contribution in [3.8, 4) is 0 Å². The van der Waals surface area contributed by atoms with Crippen LogP contribution in [0.4, 0.5) is 4.39 Å². The molecule has 0 saturated heterocycles. The Morgan fingerprint density at radius 2 is 2.00 bits per heavy atom. The van der Waals surface area contributed by atoms with Crippen molar-refractivity contribution in [1.82, 2.24) is 5.32 Å². The predicted octanol–water partition coefficient (Wildman–Crippen LogP) is 1.86. The largest absolute Gasteiger partial charge is 0.391 e. The van der Waals surface area contributed by atoms with Crippen LogP contribution >= 0.6 is 0 Å². The van der Waals surface area contributed by atoms with Gasteiger partial charge in [0.15, 0.2) is 0 Å². The number of hydrogen-bond donors (Lipinski definition) is 2. The maximum atomic E-state index is 13.4. The van der Waals surface area contributed by atoms with Gasteiger partial charge in [0.1, 0.15) is 5.82 Å². The van der Waals surface area contributed by atoms with Gasteiger partial charge in [-0.3, -0.25) is 4.79 Å². The number of benzene rings is 1. The molecule has 0 bridgehead atoms. The molecule has 0 radical (unpaired) electrons. The lowest BCUT2D eigenvalue weighted by Crippen LogP contribution is -2.45. The Labute approximate surface area is 99.7 Å². The van der Waals surface area contributed by atoms with Gasteiger partial charge in [-0.2, -0.15) is 0 Å². The van der Waals surface area contributed by atoms with Gasteiger partial charge in [-0.1, -0.05) is 25.0 Å². The Bertz CT molecular complexity index is 408. The van der Waals surface area contributed by atoms with Gasteiger partial charge in [0.2, 0.25) is 0 Å². The maximum absolute atomic E-state index is 13.4. The zero-order valence-corrected chi connectivity index (χ0v) is 9.53. The van der Waals surface area contributed by atoms with E-state index in [1.807, 2.05) is 0 Å². The Morgan fingerprint density at radius 3 is 2.71 bits per heavy atom. The molecule has 2 rings (SSSR count). The molecule has 2 atom stereocenters. The van der Waals surface area contributed by atoms with Crippen LogP contribution in [0.2, 0.25) is 0 Å². The second kappa shape index (κ2) is 5.27. The van der Waals surface area contributed by atoms with Crippen molar-refractivity contribution in [2.45, 2.75) is 37.8 Å². The van der Waals surface area contributed by atoms with E-state index < -0.39 is 17.8 Å². The first-order valence-corrected chi connectivity index (χ1v) is 5.92. The first kappa shape index (κ1) is 12.0. The summed E-state index contributed by atoms with van der Waals surface area (Å²) in [5.74, 6) is -0.982. The summed E-state index contributed by atoms with van der Waals surface area (Å²) in [4.78, 5) is 11.8. The van der Waals surface area contributed by atoms with Crippen molar-refractivity contribution < 1.29 is 14.3 Å². The Morgan fingerprint density at radius 1 is 1.29 bits per heavy atom. The third kappa shape index (κ3) is 2.82. The van der Waals surface area contributed by atoms with E-state index in [0.717, 1.165) is 19.3 Å². The van der Waals surface area contributed by atoms with E-state index in [-0.39, 0.29) is 11.6 Å². The fraction of sp³-hybridized carbons (Fsp3) is 0.462. The quantitative estimate of drug-likeness (QED) is 0.824. The van der Waals surface area contributed by atoms with Gasteiger partial charge in [0.05, 0.1) is 17.7 Å². The fourth-order valence-corrected chi connectivity index (χ4v) is 2.17.